The number of hydrogen-bond acceptors (Lipinski definition) is 4. The molecule has 150 valence electrons. The van der Waals surface area contributed by atoms with Gasteiger partial charge in [0.2, 0.25) is 11.2 Å². The number of aromatic nitrogens is 5. The van der Waals surface area contributed by atoms with Gasteiger partial charge in [0.05, 0.1) is 23.2 Å². The molecule has 2 aromatic heterocycles. The molecule has 4 fully saturated rings. The standard InChI is InChI=1S/C20H27ClN6O/c1-12(16-9-23-26(3)13(16)2)24-17(28)19-5-14-4-15(6-19)8-20(7-14,10-19)27-11-22-18(21)25-27/h9,11-12,14-15H,4-8,10H2,1-3H3,(H,24,28). The topological polar surface area (TPSA) is 77.6 Å². The first kappa shape index (κ1) is 18.2. The molecule has 2 heterocycles. The zero-order valence-corrected chi connectivity index (χ0v) is 17.4. The van der Waals surface area contributed by atoms with Crippen molar-refractivity contribution >= 4 is 17.5 Å². The van der Waals surface area contributed by atoms with Crippen LogP contribution in [0.15, 0.2) is 12.5 Å². The van der Waals surface area contributed by atoms with E-state index in [9.17, 15) is 4.79 Å². The van der Waals surface area contributed by atoms with Crippen LogP contribution in [0, 0.1) is 24.2 Å². The van der Waals surface area contributed by atoms with E-state index < -0.39 is 0 Å². The lowest BCUT2D eigenvalue weighted by Crippen LogP contribution is -2.61. The van der Waals surface area contributed by atoms with Gasteiger partial charge in [0.1, 0.15) is 6.33 Å². The summed E-state index contributed by atoms with van der Waals surface area (Å²) in [5.74, 6) is 1.34. The van der Waals surface area contributed by atoms with Crippen molar-refractivity contribution < 1.29 is 4.79 Å². The molecule has 8 heteroatoms. The predicted octanol–water partition coefficient (Wildman–Crippen LogP) is 3.15. The van der Waals surface area contributed by atoms with Gasteiger partial charge in [0.25, 0.3) is 0 Å². The van der Waals surface area contributed by atoms with E-state index in [1.54, 1.807) is 6.33 Å². The van der Waals surface area contributed by atoms with Gasteiger partial charge < -0.3 is 5.32 Å². The second-order valence-electron chi connectivity index (χ2n) is 9.43. The van der Waals surface area contributed by atoms with E-state index in [2.05, 4.69) is 27.4 Å². The molecule has 0 radical (unpaired) electrons. The Bertz CT molecular complexity index is 919. The fourth-order valence-electron chi connectivity index (χ4n) is 6.59. The molecular weight excluding hydrogens is 376 g/mol. The first-order valence-electron chi connectivity index (χ1n) is 10.2. The van der Waals surface area contributed by atoms with Gasteiger partial charge in [-0.3, -0.25) is 9.48 Å². The molecule has 4 bridgehead atoms. The Morgan fingerprint density at radius 1 is 1.32 bits per heavy atom. The van der Waals surface area contributed by atoms with E-state index in [1.807, 2.05) is 29.5 Å². The summed E-state index contributed by atoms with van der Waals surface area (Å²) < 4.78 is 3.82. The lowest BCUT2D eigenvalue weighted by molar-refractivity contribution is -0.156. The van der Waals surface area contributed by atoms with Crippen LogP contribution < -0.4 is 5.32 Å². The number of halogens is 1. The van der Waals surface area contributed by atoms with E-state index in [4.69, 9.17) is 11.6 Å². The first-order valence-corrected chi connectivity index (χ1v) is 10.6. The number of nitrogens with one attached hydrogen (secondary N) is 1. The van der Waals surface area contributed by atoms with Crippen LogP contribution in [-0.2, 0) is 17.4 Å². The van der Waals surface area contributed by atoms with Crippen molar-refractivity contribution in [3.8, 4) is 0 Å². The molecule has 7 nitrogen and oxygen atoms in total. The third-order valence-corrected chi connectivity index (χ3v) is 7.72. The van der Waals surface area contributed by atoms with Crippen LogP contribution in [-0.4, -0.2) is 30.5 Å². The Hall–Kier alpha value is -1.89. The largest absolute Gasteiger partial charge is 0.349 e. The Labute approximate surface area is 169 Å². The van der Waals surface area contributed by atoms with Crippen molar-refractivity contribution in [2.75, 3.05) is 0 Å². The van der Waals surface area contributed by atoms with Crippen LogP contribution in [0.2, 0.25) is 5.28 Å². The van der Waals surface area contributed by atoms with Gasteiger partial charge in [0.15, 0.2) is 0 Å². The monoisotopic (exact) mass is 402 g/mol. The summed E-state index contributed by atoms with van der Waals surface area (Å²) in [6.45, 7) is 4.09. The van der Waals surface area contributed by atoms with Crippen LogP contribution in [0.4, 0.5) is 0 Å². The quantitative estimate of drug-likeness (QED) is 0.852. The molecule has 0 aliphatic heterocycles. The Morgan fingerprint density at radius 2 is 2.04 bits per heavy atom. The summed E-state index contributed by atoms with van der Waals surface area (Å²) in [6, 6.07) is -0.0500. The number of aryl methyl sites for hydroxylation is 1. The molecule has 2 aromatic rings. The van der Waals surface area contributed by atoms with E-state index in [1.165, 1.54) is 6.42 Å². The summed E-state index contributed by atoms with van der Waals surface area (Å²) in [7, 11) is 1.93. The summed E-state index contributed by atoms with van der Waals surface area (Å²) >= 11 is 6.02. The average Bonchev–Trinajstić information content (AvgIpc) is 3.20. The van der Waals surface area contributed by atoms with Gasteiger partial charge in [-0.25, -0.2) is 9.67 Å². The summed E-state index contributed by atoms with van der Waals surface area (Å²) in [4.78, 5) is 17.7. The van der Waals surface area contributed by atoms with Crippen molar-refractivity contribution in [1.29, 1.82) is 0 Å². The number of hydrogen-bond donors (Lipinski definition) is 1. The second-order valence-corrected chi connectivity index (χ2v) is 9.77. The number of carbonyl (C=O) groups is 1. The lowest BCUT2D eigenvalue weighted by Gasteiger charge is -2.61. The maximum absolute atomic E-state index is 13.6. The zero-order chi connectivity index (χ0) is 19.7. The van der Waals surface area contributed by atoms with Gasteiger partial charge >= 0.3 is 0 Å². The highest BCUT2D eigenvalue weighted by Crippen LogP contribution is 2.64. The molecule has 6 rings (SSSR count). The normalized spacial score (nSPS) is 34.6. The maximum atomic E-state index is 13.6. The molecule has 1 N–H and O–H groups in total. The van der Waals surface area contributed by atoms with Gasteiger partial charge in [0, 0.05) is 18.3 Å². The third-order valence-electron chi connectivity index (χ3n) is 7.55. The van der Waals surface area contributed by atoms with Crippen LogP contribution in [0.1, 0.15) is 62.7 Å². The van der Waals surface area contributed by atoms with Crippen LogP contribution >= 0.6 is 11.6 Å². The molecule has 4 saturated carbocycles. The number of rotatable bonds is 4. The molecule has 4 aliphatic carbocycles. The third kappa shape index (κ3) is 2.62. The SMILES string of the molecule is Cc1c(C(C)NC(=O)C23CC4CC(C2)CC(n2cnc(Cl)n2)(C4)C3)cnn1C. The Morgan fingerprint density at radius 3 is 2.61 bits per heavy atom. The van der Waals surface area contributed by atoms with Gasteiger partial charge in [-0.05, 0) is 75.8 Å². The molecule has 3 unspecified atom stereocenters. The van der Waals surface area contributed by atoms with E-state index in [0.29, 0.717) is 11.8 Å². The molecule has 0 aromatic carbocycles. The summed E-state index contributed by atoms with van der Waals surface area (Å²) in [5.41, 5.74) is 1.74. The van der Waals surface area contributed by atoms with E-state index >= 15 is 0 Å². The highest BCUT2D eigenvalue weighted by atomic mass is 35.5. The summed E-state index contributed by atoms with van der Waals surface area (Å²) in [5, 5.41) is 12.4. The number of amides is 1. The van der Waals surface area contributed by atoms with Crippen LogP contribution in [0.3, 0.4) is 0 Å². The van der Waals surface area contributed by atoms with Gasteiger partial charge in [-0.1, -0.05) is 0 Å². The molecule has 1 amide bonds. The average molecular weight is 403 g/mol. The minimum absolute atomic E-state index is 0.0500. The van der Waals surface area contributed by atoms with Crippen molar-refractivity contribution in [3.05, 3.63) is 29.1 Å². The Kier molecular flexibility index (Phi) is 3.92. The van der Waals surface area contributed by atoms with E-state index in [0.717, 1.165) is 43.4 Å². The molecule has 0 saturated heterocycles. The fourth-order valence-corrected chi connectivity index (χ4v) is 6.71. The number of nitrogens with zero attached hydrogens (tertiary/aromatic N) is 5. The van der Waals surface area contributed by atoms with Gasteiger partial charge in [-0.2, -0.15) is 5.10 Å². The predicted molar refractivity (Wildman–Crippen MR) is 105 cm³/mol. The van der Waals surface area contributed by atoms with Crippen molar-refractivity contribution in [2.45, 2.75) is 64.0 Å². The first-order chi connectivity index (χ1) is 13.3. The molecule has 4 aliphatic rings. The number of carbonyl (C=O) groups excluding carboxylic acids is 1. The molecular formula is C20H27ClN6O. The highest BCUT2D eigenvalue weighted by molar-refractivity contribution is 6.28. The molecule has 28 heavy (non-hydrogen) atoms. The lowest BCUT2D eigenvalue weighted by atomic mass is 9.46. The summed E-state index contributed by atoms with van der Waals surface area (Å²) in [6.07, 6.45) is 9.80. The minimum atomic E-state index is -0.313. The van der Waals surface area contributed by atoms with Crippen LogP contribution in [0.5, 0.6) is 0 Å². The van der Waals surface area contributed by atoms with Crippen molar-refractivity contribution in [1.82, 2.24) is 29.9 Å². The minimum Gasteiger partial charge on any atom is -0.349 e. The fraction of sp³-hybridized carbons (Fsp3) is 0.700. The smallest absolute Gasteiger partial charge is 0.242 e. The molecule has 3 atom stereocenters. The highest BCUT2D eigenvalue weighted by Gasteiger charge is 2.61. The zero-order valence-electron chi connectivity index (χ0n) is 16.7. The maximum Gasteiger partial charge on any atom is 0.242 e. The van der Waals surface area contributed by atoms with Crippen molar-refractivity contribution in [2.24, 2.45) is 24.3 Å². The molecule has 0 spiro atoms. The van der Waals surface area contributed by atoms with Crippen molar-refractivity contribution in [3.63, 3.8) is 0 Å². The van der Waals surface area contributed by atoms with E-state index in [-0.39, 0.29) is 28.2 Å². The van der Waals surface area contributed by atoms with Gasteiger partial charge in [-0.15, -0.1) is 5.10 Å². The second kappa shape index (κ2) is 6.05. The van der Waals surface area contributed by atoms with Crippen LogP contribution in [0.25, 0.3) is 0 Å². The Balaban J connectivity index is 1.43.